The summed E-state index contributed by atoms with van der Waals surface area (Å²) in [6.45, 7) is 6.40. The highest BCUT2D eigenvalue weighted by atomic mass is 16.6. The maximum Gasteiger partial charge on any atom is 0.410 e. The molecule has 0 aliphatic carbocycles. The van der Waals surface area contributed by atoms with Crippen molar-refractivity contribution < 1.29 is 9.53 Å². The first-order valence-electron chi connectivity index (χ1n) is 8.97. The topological polar surface area (TPSA) is 53.3 Å². The lowest BCUT2D eigenvalue weighted by atomic mass is 10.0. The van der Waals surface area contributed by atoms with Gasteiger partial charge in [-0.15, -0.1) is 0 Å². The molecular weight excluding hydrogens is 324 g/mol. The van der Waals surface area contributed by atoms with Crippen molar-refractivity contribution in [2.75, 3.05) is 6.54 Å². The lowest BCUT2D eigenvalue weighted by Crippen LogP contribution is -2.39. The van der Waals surface area contributed by atoms with E-state index in [1.54, 1.807) is 0 Å². The Morgan fingerprint density at radius 2 is 1.96 bits per heavy atom. The molecule has 0 bridgehead atoms. The quantitative estimate of drug-likeness (QED) is 0.756. The molecule has 4 nitrogen and oxygen atoms in total. The summed E-state index contributed by atoms with van der Waals surface area (Å²) in [6, 6.07) is 14.1. The van der Waals surface area contributed by atoms with Crippen molar-refractivity contribution in [3.63, 3.8) is 0 Å². The second-order valence-electron chi connectivity index (χ2n) is 7.68. The van der Waals surface area contributed by atoms with Crippen LogP contribution in [0.4, 0.5) is 4.79 Å². The summed E-state index contributed by atoms with van der Waals surface area (Å²) in [6.07, 6.45) is 5.84. The number of carbonyl (C=O) groups is 1. The molecule has 1 heterocycles. The van der Waals surface area contributed by atoms with Crippen LogP contribution in [0, 0.1) is 11.3 Å². The van der Waals surface area contributed by atoms with Crippen LogP contribution < -0.4 is 0 Å². The first-order chi connectivity index (χ1) is 12.4. The summed E-state index contributed by atoms with van der Waals surface area (Å²) >= 11 is 0. The van der Waals surface area contributed by atoms with E-state index >= 15 is 0 Å². The highest BCUT2D eigenvalue weighted by molar-refractivity contribution is 5.86. The van der Waals surface area contributed by atoms with Crippen molar-refractivity contribution in [3.05, 3.63) is 53.6 Å². The number of nitrogens with zero attached hydrogens (tertiary/aromatic N) is 2. The van der Waals surface area contributed by atoms with E-state index in [2.05, 4.69) is 24.3 Å². The number of hydrogen-bond donors (Lipinski definition) is 0. The molecule has 0 spiro atoms. The van der Waals surface area contributed by atoms with Crippen molar-refractivity contribution in [1.29, 1.82) is 5.26 Å². The van der Waals surface area contributed by atoms with Gasteiger partial charge in [-0.25, -0.2) is 4.79 Å². The molecule has 0 saturated carbocycles. The lowest BCUT2D eigenvalue weighted by Gasteiger charge is -2.27. The summed E-state index contributed by atoms with van der Waals surface area (Å²) in [5.41, 5.74) is 1.27. The molecule has 1 atom stereocenters. The van der Waals surface area contributed by atoms with Crippen LogP contribution in [0.25, 0.3) is 16.8 Å². The molecule has 0 unspecified atom stereocenters. The molecule has 3 rings (SSSR count). The molecule has 26 heavy (non-hydrogen) atoms. The molecule has 1 amide bonds. The Balaban J connectivity index is 1.75. The molecule has 1 aliphatic heterocycles. The number of amides is 1. The molecule has 134 valence electrons. The largest absolute Gasteiger partial charge is 0.444 e. The monoisotopic (exact) mass is 348 g/mol. The van der Waals surface area contributed by atoms with Gasteiger partial charge in [0.2, 0.25) is 0 Å². The van der Waals surface area contributed by atoms with Gasteiger partial charge < -0.3 is 9.64 Å². The van der Waals surface area contributed by atoms with Gasteiger partial charge in [-0.2, -0.15) is 5.26 Å². The van der Waals surface area contributed by atoms with Crippen molar-refractivity contribution in [2.24, 2.45) is 0 Å². The molecule has 4 heteroatoms. The van der Waals surface area contributed by atoms with Crippen molar-refractivity contribution in [3.8, 4) is 6.07 Å². The maximum absolute atomic E-state index is 12.4. The smallest absolute Gasteiger partial charge is 0.410 e. The van der Waals surface area contributed by atoms with E-state index in [1.165, 1.54) is 0 Å². The van der Waals surface area contributed by atoms with E-state index < -0.39 is 5.60 Å². The minimum Gasteiger partial charge on any atom is -0.444 e. The number of carbonyl (C=O) groups excluding carboxylic acids is 1. The summed E-state index contributed by atoms with van der Waals surface area (Å²) < 4.78 is 5.51. The van der Waals surface area contributed by atoms with Gasteiger partial charge >= 0.3 is 6.09 Å². The van der Waals surface area contributed by atoms with Crippen LogP contribution in [0.1, 0.15) is 44.7 Å². The number of rotatable bonds is 2. The second-order valence-corrected chi connectivity index (χ2v) is 7.68. The Labute approximate surface area is 154 Å². The summed E-state index contributed by atoms with van der Waals surface area (Å²) in [4.78, 5) is 14.2. The summed E-state index contributed by atoms with van der Waals surface area (Å²) in [5, 5.41) is 11.1. The second kappa shape index (κ2) is 7.21. The molecule has 1 fully saturated rings. The van der Waals surface area contributed by atoms with Crippen LogP contribution in [-0.2, 0) is 4.74 Å². The molecule has 0 radical (unpaired) electrons. The maximum atomic E-state index is 12.4. The minimum absolute atomic E-state index is 0.0708. The van der Waals surface area contributed by atoms with Gasteiger partial charge in [0.25, 0.3) is 0 Å². The lowest BCUT2D eigenvalue weighted by molar-refractivity contribution is 0.0256. The normalized spacial score (nSPS) is 17.6. The van der Waals surface area contributed by atoms with Gasteiger partial charge in [0.1, 0.15) is 5.60 Å². The van der Waals surface area contributed by atoms with Crippen molar-refractivity contribution >= 4 is 22.9 Å². The zero-order valence-electron chi connectivity index (χ0n) is 15.5. The van der Waals surface area contributed by atoms with Crippen molar-refractivity contribution in [1.82, 2.24) is 4.90 Å². The number of fused-ring (bicyclic) bond motifs is 1. The Bertz CT molecular complexity index is 887. The number of likely N-dealkylation sites (tertiary alicyclic amines) is 1. The zero-order valence-corrected chi connectivity index (χ0v) is 15.5. The van der Waals surface area contributed by atoms with E-state index in [4.69, 9.17) is 10.00 Å². The number of hydrogen-bond acceptors (Lipinski definition) is 3. The van der Waals surface area contributed by atoms with Crippen LogP contribution >= 0.6 is 0 Å². The van der Waals surface area contributed by atoms with Gasteiger partial charge in [0, 0.05) is 6.54 Å². The Morgan fingerprint density at radius 3 is 2.69 bits per heavy atom. The summed E-state index contributed by atoms with van der Waals surface area (Å²) in [7, 11) is 0. The van der Waals surface area contributed by atoms with E-state index in [9.17, 15) is 4.79 Å². The molecule has 0 N–H and O–H groups in total. The fourth-order valence-electron chi connectivity index (χ4n) is 3.20. The van der Waals surface area contributed by atoms with Gasteiger partial charge in [-0.05, 0) is 68.1 Å². The SMILES string of the molecule is CC(C)(C)OC(=O)N1CCC[C@H]1C=Cc1ccc2cc(C#N)ccc2c1. The highest BCUT2D eigenvalue weighted by Crippen LogP contribution is 2.23. The average Bonchev–Trinajstić information content (AvgIpc) is 3.06. The summed E-state index contributed by atoms with van der Waals surface area (Å²) in [5.74, 6) is 0. The third-order valence-electron chi connectivity index (χ3n) is 4.43. The molecule has 2 aromatic rings. The van der Waals surface area contributed by atoms with Crippen LogP contribution in [-0.4, -0.2) is 29.2 Å². The van der Waals surface area contributed by atoms with E-state index in [1.807, 2.05) is 56.0 Å². The van der Waals surface area contributed by atoms with Gasteiger partial charge in [0.05, 0.1) is 17.7 Å². The predicted molar refractivity (Wildman–Crippen MR) is 104 cm³/mol. The Morgan fingerprint density at radius 1 is 1.23 bits per heavy atom. The molecular formula is C22H24N2O2. The van der Waals surface area contributed by atoms with Gasteiger partial charge in [-0.3, -0.25) is 0 Å². The number of benzene rings is 2. The molecule has 0 aromatic heterocycles. The molecule has 1 saturated heterocycles. The Hall–Kier alpha value is -2.80. The first-order valence-corrected chi connectivity index (χ1v) is 8.97. The van der Waals surface area contributed by atoms with Gasteiger partial charge in [0.15, 0.2) is 0 Å². The van der Waals surface area contributed by atoms with Crippen LogP contribution in [0.15, 0.2) is 42.5 Å². The van der Waals surface area contributed by atoms with E-state index in [-0.39, 0.29) is 12.1 Å². The average molecular weight is 348 g/mol. The van der Waals surface area contributed by atoms with E-state index in [0.29, 0.717) is 5.56 Å². The fraction of sp³-hybridized carbons (Fsp3) is 0.364. The number of ether oxygens (including phenoxy) is 1. The standard InChI is InChI=1S/C22H24N2O2/c1-22(2,3)26-21(25)24-12-4-5-20(24)11-8-16-6-9-19-14-17(15-23)7-10-18(19)13-16/h6-11,13-14,20H,4-5,12H2,1-3H3/t20-/m0/s1. The van der Waals surface area contributed by atoms with Crippen LogP contribution in [0.2, 0.25) is 0 Å². The predicted octanol–water partition coefficient (Wildman–Crippen LogP) is 5.12. The third-order valence-corrected chi connectivity index (χ3v) is 4.43. The zero-order chi connectivity index (χ0) is 18.7. The highest BCUT2D eigenvalue weighted by Gasteiger charge is 2.30. The van der Waals surface area contributed by atoms with Crippen LogP contribution in [0.5, 0.6) is 0 Å². The first kappa shape index (κ1) is 18.0. The van der Waals surface area contributed by atoms with Crippen LogP contribution in [0.3, 0.4) is 0 Å². The molecule has 1 aliphatic rings. The number of nitriles is 1. The Kier molecular flexibility index (Phi) is 4.99. The minimum atomic E-state index is -0.478. The van der Waals surface area contributed by atoms with Crippen molar-refractivity contribution in [2.45, 2.75) is 45.3 Å². The van der Waals surface area contributed by atoms with E-state index in [0.717, 1.165) is 35.7 Å². The third kappa shape index (κ3) is 4.23. The molecule has 2 aromatic carbocycles. The fourth-order valence-corrected chi connectivity index (χ4v) is 3.20. The van der Waals surface area contributed by atoms with Gasteiger partial charge in [-0.1, -0.05) is 30.4 Å².